The molecule has 6 N–H and O–H groups in total. The number of nitrogen functional groups attached to an aromatic ring is 1. The molecule has 0 aromatic heterocycles. The van der Waals surface area contributed by atoms with Crippen LogP contribution in [0, 0.1) is 10.1 Å². The smallest absolute Gasteiger partial charge is 0.312 e. The number of hydrogen-bond acceptors (Lipinski definition) is 6. The summed E-state index contributed by atoms with van der Waals surface area (Å²) in [6.45, 7) is -0.116. The molecule has 0 aliphatic rings. The fourth-order valence-corrected chi connectivity index (χ4v) is 2.35. The predicted octanol–water partition coefficient (Wildman–Crippen LogP) is -0.876. The molecule has 110 valence electrons. The summed E-state index contributed by atoms with van der Waals surface area (Å²) in [5.41, 5.74) is 9.55. The summed E-state index contributed by atoms with van der Waals surface area (Å²) in [4.78, 5) is 20.0. The van der Waals surface area contributed by atoms with Gasteiger partial charge in [-0.2, -0.15) is 0 Å². The first kappa shape index (κ1) is 15.7. The summed E-state index contributed by atoms with van der Waals surface area (Å²) < 4.78 is 25.8. The van der Waals surface area contributed by atoms with E-state index in [1.807, 2.05) is 0 Å². The topological polar surface area (TPSA) is 170 Å². The van der Waals surface area contributed by atoms with Gasteiger partial charge >= 0.3 is 6.03 Å². The Labute approximate surface area is 114 Å². The lowest BCUT2D eigenvalue weighted by atomic mass is 10.3. The zero-order chi connectivity index (χ0) is 15.3. The van der Waals surface area contributed by atoms with E-state index < -0.39 is 26.7 Å². The maximum atomic E-state index is 11.8. The third-order valence-electron chi connectivity index (χ3n) is 2.23. The van der Waals surface area contributed by atoms with Crippen LogP contribution in [0.5, 0.6) is 0 Å². The van der Waals surface area contributed by atoms with Gasteiger partial charge in [0, 0.05) is 19.2 Å². The minimum Gasteiger partial charge on any atom is -0.393 e. The molecule has 1 rings (SSSR count). The van der Waals surface area contributed by atoms with Crippen LogP contribution in [0.25, 0.3) is 0 Å². The van der Waals surface area contributed by atoms with Gasteiger partial charge in [0.15, 0.2) is 0 Å². The van der Waals surface area contributed by atoms with Crippen molar-refractivity contribution in [2.45, 2.75) is 4.90 Å². The van der Waals surface area contributed by atoms with Crippen molar-refractivity contribution in [1.82, 2.24) is 10.0 Å². The van der Waals surface area contributed by atoms with Gasteiger partial charge in [-0.15, -0.1) is 0 Å². The van der Waals surface area contributed by atoms with Gasteiger partial charge in [0.1, 0.15) is 5.69 Å². The molecule has 11 heteroatoms. The highest BCUT2D eigenvalue weighted by Gasteiger charge is 2.19. The normalized spacial score (nSPS) is 11.0. The van der Waals surface area contributed by atoms with Gasteiger partial charge in [-0.1, -0.05) is 0 Å². The van der Waals surface area contributed by atoms with E-state index in [9.17, 15) is 23.3 Å². The zero-order valence-corrected chi connectivity index (χ0v) is 11.0. The van der Waals surface area contributed by atoms with E-state index in [1.54, 1.807) is 0 Å². The Morgan fingerprint density at radius 2 is 2.00 bits per heavy atom. The minimum absolute atomic E-state index is 0.00830. The molecule has 20 heavy (non-hydrogen) atoms. The number of primary amides is 1. The molecular formula is C9H13N5O5S. The van der Waals surface area contributed by atoms with Crippen LogP contribution in [0.3, 0.4) is 0 Å². The molecule has 0 spiro atoms. The molecule has 0 radical (unpaired) electrons. The van der Waals surface area contributed by atoms with Crippen molar-refractivity contribution in [3.8, 4) is 0 Å². The lowest BCUT2D eigenvalue weighted by molar-refractivity contribution is -0.384. The second kappa shape index (κ2) is 6.16. The number of urea groups is 1. The van der Waals surface area contributed by atoms with E-state index in [0.29, 0.717) is 0 Å². The van der Waals surface area contributed by atoms with Gasteiger partial charge in [-0.05, 0) is 12.1 Å². The van der Waals surface area contributed by atoms with Crippen molar-refractivity contribution in [2.24, 2.45) is 5.73 Å². The molecule has 2 amide bonds. The third-order valence-corrected chi connectivity index (χ3v) is 3.68. The quantitative estimate of drug-likeness (QED) is 0.230. The Kier molecular flexibility index (Phi) is 4.83. The molecule has 0 bridgehead atoms. The highest BCUT2D eigenvalue weighted by atomic mass is 32.2. The molecule has 0 aliphatic heterocycles. The predicted molar refractivity (Wildman–Crippen MR) is 70.3 cm³/mol. The molecule has 0 saturated heterocycles. The van der Waals surface area contributed by atoms with Crippen LogP contribution in [-0.2, 0) is 10.0 Å². The summed E-state index contributed by atoms with van der Waals surface area (Å²) >= 11 is 0. The second-order valence-corrected chi connectivity index (χ2v) is 5.43. The van der Waals surface area contributed by atoms with Crippen LogP contribution in [0.4, 0.5) is 16.2 Å². The molecule has 0 aliphatic carbocycles. The monoisotopic (exact) mass is 303 g/mol. The zero-order valence-electron chi connectivity index (χ0n) is 10.2. The Morgan fingerprint density at radius 1 is 1.35 bits per heavy atom. The number of benzene rings is 1. The highest BCUT2D eigenvalue weighted by molar-refractivity contribution is 7.89. The Morgan fingerprint density at radius 3 is 2.55 bits per heavy atom. The van der Waals surface area contributed by atoms with Crippen LogP contribution < -0.4 is 21.5 Å². The molecular weight excluding hydrogens is 290 g/mol. The Balaban J connectivity index is 2.85. The number of sulfonamides is 1. The fourth-order valence-electron chi connectivity index (χ4n) is 1.30. The first-order chi connectivity index (χ1) is 9.24. The largest absolute Gasteiger partial charge is 0.393 e. The van der Waals surface area contributed by atoms with E-state index in [0.717, 1.165) is 18.2 Å². The third kappa shape index (κ3) is 4.07. The van der Waals surface area contributed by atoms with Crippen LogP contribution in [0.15, 0.2) is 23.1 Å². The van der Waals surface area contributed by atoms with Crippen LogP contribution in [0.1, 0.15) is 0 Å². The van der Waals surface area contributed by atoms with Crippen molar-refractivity contribution < 1.29 is 18.1 Å². The number of anilines is 1. The maximum absolute atomic E-state index is 11.8. The van der Waals surface area contributed by atoms with Crippen LogP contribution >= 0.6 is 0 Å². The molecule has 1 aromatic carbocycles. The lowest BCUT2D eigenvalue weighted by Crippen LogP contribution is -2.37. The number of rotatable bonds is 6. The molecule has 0 saturated carbocycles. The van der Waals surface area contributed by atoms with Crippen molar-refractivity contribution in [2.75, 3.05) is 18.8 Å². The second-order valence-electron chi connectivity index (χ2n) is 3.67. The van der Waals surface area contributed by atoms with Gasteiger partial charge in [0.25, 0.3) is 5.69 Å². The molecule has 1 aromatic rings. The standard InChI is InChI=1S/C9H13N5O5S/c10-7-2-1-6(5-8(7)14(16)17)20(18,19)13-4-3-12-9(11)15/h1-2,5,13H,3-4,10H2,(H3,11,12,15). The van der Waals surface area contributed by atoms with E-state index in [4.69, 9.17) is 11.5 Å². The number of nitrogens with one attached hydrogen (secondary N) is 2. The van der Waals surface area contributed by atoms with E-state index in [1.165, 1.54) is 0 Å². The number of nitro groups is 1. The average molecular weight is 303 g/mol. The molecule has 0 atom stereocenters. The molecule has 0 unspecified atom stereocenters. The first-order valence-electron chi connectivity index (χ1n) is 5.31. The van der Waals surface area contributed by atoms with Crippen molar-refractivity contribution in [3.05, 3.63) is 28.3 Å². The molecule has 10 nitrogen and oxygen atoms in total. The number of carbonyl (C=O) groups excluding carboxylic acids is 1. The van der Waals surface area contributed by atoms with Crippen molar-refractivity contribution in [1.29, 1.82) is 0 Å². The van der Waals surface area contributed by atoms with Gasteiger partial charge in [0.2, 0.25) is 10.0 Å². The van der Waals surface area contributed by atoms with Crippen molar-refractivity contribution >= 4 is 27.4 Å². The summed E-state index contributed by atoms with van der Waals surface area (Å²) in [6.07, 6.45) is 0. The summed E-state index contributed by atoms with van der Waals surface area (Å²) in [5.74, 6) is 0. The van der Waals surface area contributed by atoms with E-state index >= 15 is 0 Å². The lowest BCUT2D eigenvalue weighted by Gasteiger charge is -2.07. The summed E-state index contributed by atoms with van der Waals surface area (Å²) in [6, 6.07) is 2.35. The van der Waals surface area contributed by atoms with E-state index in [-0.39, 0.29) is 23.7 Å². The molecule has 0 fully saturated rings. The number of nitrogens with two attached hydrogens (primary N) is 2. The van der Waals surface area contributed by atoms with Gasteiger partial charge in [0.05, 0.1) is 9.82 Å². The van der Waals surface area contributed by atoms with Gasteiger partial charge in [-0.25, -0.2) is 17.9 Å². The fraction of sp³-hybridized carbons (Fsp3) is 0.222. The van der Waals surface area contributed by atoms with Crippen LogP contribution in [0.2, 0.25) is 0 Å². The summed E-state index contributed by atoms with van der Waals surface area (Å²) in [7, 11) is -3.93. The van der Waals surface area contributed by atoms with E-state index in [2.05, 4.69) is 10.0 Å². The first-order valence-corrected chi connectivity index (χ1v) is 6.79. The number of amides is 2. The van der Waals surface area contributed by atoms with Crippen LogP contribution in [-0.4, -0.2) is 32.5 Å². The highest BCUT2D eigenvalue weighted by Crippen LogP contribution is 2.24. The van der Waals surface area contributed by atoms with Gasteiger partial charge in [-0.3, -0.25) is 10.1 Å². The Bertz CT molecular complexity index is 630. The summed E-state index contributed by atoms with van der Waals surface area (Å²) in [5, 5.41) is 12.9. The minimum atomic E-state index is -3.93. The SMILES string of the molecule is NC(=O)NCCNS(=O)(=O)c1ccc(N)c([N+](=O)[O-])c1. The number of nitrogens with zero attached hydrogens (tertiary/aromatic N) is 1. The van der Waals surface area contributed by atoms with Crippen molar-refractivity contribution in [3.63, 3.8) is 0 Å². The maximum Gasteiger partial charge on any atom is 0.312 e. The average Bonchev–Trinajstić information content (AvgIpc) is 2.34. The number of nitro benzene ring substituents is 1. The number of carbonyl (C=O) groups is 1. The Hall–Kier alpha value is -2.40. The molecule has 0 heterocycles. The van der Waals surface area contributed by atoms with Gasteiger partial charge < -0.3 is 16.8 Å². The number of hydrogen-bond donors (Lipinski definition) is 4.